The summed E-state index contributed by atoms with van der Waals surface area (Å²) in [6.07, 6.45) is 4.10. The van der Waals surface area contributed by atoms with Crippen LogP contribution in [0, 0.1) is 6.92 Å². The van der Waals surface area contributed by atoms with Gasteiger partial charge in [-0.2, -0.15) is 0 Å². The van der Waals surface area contributed by atoms with Crippen LogP contribution in [0.3, 0.4) is 0 Å². The van der Waals surface area contributed by atoms with Gasteiger partial charge in [-0.1, -0.05) is 52.5 Å². The van der Waals surface area contributed by atoms with E-state index in [-0.39, 0.29) is 23.4 Å². The third-order valence-corrected chi connectivity index (χ3v) is 6.99. The lowest BCUT2D eigenvalue weighted by Gasteiger charge is -2.25. The van der Waals surface area contributed by atoms with Crippen LogP contribution in [0.5, 0.6) is 0 Å². The molecule has 0 spiro atoms. The highest BCUT2D eigenvalue weighted by atomic mass is 79.9. The molecule has 0 unspecified atom stereocenters. The monoisotopic (exact) mass is 450 g/mol. The van der Waals surface area contributed by atoms with Crippen LogP contribution >= 0.6 is 15.9 Å². The zero-order chi connectivity index (χ0) is 19.4. The summed E-state index contributed by atoms with van der Waals surface area (Å²) in [6, 6.07) is 13.8. The molecule has 0 atom stereocenters. The number of anilines is 1. The molecule has 5 nitrogen and oxygen atoms in total. The SMILES string of the molecule is Cc1ccc(S(=O)(=O)N(CC(=O)NC2CCCC2)c2cccc(Br)c2)cc1. The summed E-state index contributed by atoms with van der Waals surface area (Å²) in [7, 11) is -3.86. The molecule has 27 heavy (non-hydrogen) atoms. The summed E-state index contributed by atoms with van der Waals surface area (Å²) in [4.78, 5) is 12.7. The normalized spacial score (nSPS) is 14.9. The smallest absolute Gasteiger partial charge is 0.264 e. The van der Waals surface area contributed by atoms with Crippen LogP contribution in [0.2, 0.25) is 0 Å². The first-order valence-electron chi connectivity index (χ1n) is 9.00. The molecule has 7 heteroatoms. The Morgan fingerprint density at radius 3 is 2.44 bits per heavy atom. The Bertz CT molecular complexity index is 907. The first-order chi connectivity index (χ1) is 12.9. The third-order valence-electron chi connectivity index (χ3n) is 4.71. The molecule has 1 N–H and O–H groups in total. The number of nitrogens with one attached hydrogen (secondary N) is 1. The predicted octanol–water partition coefficient (Wildman–Crippen LogP) is 4.01. The molecule has 1 aliphatic rings. The Kier molecular flexibility index (Phi) is 6.22. The van der Waals surface area contributed by atoms with Crippen molar-refractivity contribution in [3.8, 4) is 0 Å². The number of hydrogen-bond donors (Lipinski definition) is 1. The fourth-order valence-corrected chi connectivity index (χ4v) is 5.06. The van der Waals surface area contributed by atoms with E-state index < -0.39 is 10.0 Å². The maximum Gasteiger partial charge on any atom is 0.264 e. The number of benzene rings is 2. The Morgan fingerprint density at radius 1 is 1.15 bits per heavy atom. The molecular formula is C20H23BrN2O3S. The van der Waals surface area contributed by atoms with Crippen molar-refractivity contribution in [2.75, 3.05) is 10.8 Å². The first kappa shape index (κ1) is 19.9. The molecule has 0 bridgehead atoms. The summed E-state index contributed by atoms with van der Waals surface area (Å²) in [5.41, 5.74) is 1.42. The van der Waals surface area contributed by atoms with Crippen molar-refractivity contribution in [1.82, 2.24) is 5.32 Å². The lowest BCUT2D eigenvalue weighted by molar-refractivity contribution is -0.120. The molecule has 1 fully saturated rings. The van der Waals surface area contributed by atoms with Gasteiger partial charge in [-0.15, -0.1) is 0 Å². The van der Waals surface area contributed by atoms with E-state index in [4.69, 9.17) is 0 Å². The molecule has 1 aliphatic carbocycles. The van der Waals surface area contributed by atoms with Crippen molar-refractivity contribution in [2.24, 2.45) is 0 Å². The van der Waals surface area contributed by atoms with E-state index in [0.717, 1.165) is 35.7 Å². The molecule has 2 aromatic rings. The van der Waals surface area contributed by atoms with Crippen LogP contribution < -0.4 is 9.62 Å². The second kappa shape index (κ2) is 8.44. The molecule has 3 rings (SSSR count). The predicted molar refractivity (Wildman–Crippen MR) is 110 cm³/mol. The van der Waals surface area contributed by atoms with E-state index in [1.54, 1.807) is 42.5 Å². The quantitative estimate of drug-likeness (QED) is 0.722. The molecule has 0 radical (unpaired) electrons. The van der Waals surface area contributed by atoms with Crippen LogP contribution in [0.1, 0.15) is 31.2 Å². The summed E-state index contributed by atoms with van der Waals surface area (Å²) in [6.45, 7) is 1.65. The van der Waals surface area contributed by atoms with Gasteiger partial charge in [0.1, 0.15) is 6.54 Å². The van der Waals surface area contributed by atoms with Crippen LogP contribution in [-0.2, 0) is 14.8 Å². The Hall–Kier alpha value is -1.86. The summed E-state index contributed by atoms with van der Waals surface area (Å²) >= 11 is 3.38. The summed E-state index contributed by atoms with van der Waals surface area (Å²) in [5.74, 6) is -0.280. The Balaban J connectivity index is 1.91. The topological polar surface area (TPSA) is 66.5 Å². The van der Waals surface area contributed by atoms with Crippen molar-refractivity contribution < 1.29 is 13.2 Å². The lowest BCUT2D eigenvalue weighted by Crippen LogP contribution is -2.43. The molecule has 2 aromatic carbocycles. The first-order valence-corrected chi connectivity index (χ1v) is 11.2. The molecule has 0 saturated heterocycles. The maximum atomic E-state index is 13.3. The average molecular weight is 451 g/mol. The minimum Gasteiger partial charge on any atom is -0.352 e. The molecule has 144 valence electrons. The van der Waals surface area contributed by atoms with Crippen LogP contribution in [0.25, 0.3) is 0 Å². The van der Waals surface area contributed by atoms with Crippen molar-refractivity contribution in [3.63, 3.8) is 0 Å². The molecule has 0 aromatic heterocycles. The van der Waals surface area contributed by atoms with E-state index in [0.29, 0.717) is 5.69 Å². The van der Waals surface area contributed by atoms with Crippen molar-refractivity contribution in [1.29, 1.82) is 0 Å². The second-order valence-corrected chi connectivity index (χ2v) is 9.63. The number of rotatable bonds is 6. The van der Waals surface area contributed by atoms with Crippen molar-refractivity contribution >= 4 is 37.5 Å². The number of carbonyl (C=O) groups excluding carboxylic acids is 1. The standard InChI is InChI=1S/C20H23BrN2O3S/c1-15-9-11-19(12-10-15)27(25,26)23(18-8-4-5-16(21)13-18)14-20(24)22-17-6-2-3-7-17/h4-5,8-13,17H,2-3,6-7,14H2,1H3,(H,22,24). The number of nitrogens with zero attached hydrogens (tertiary/aromatic N) is 1. The van der Waals surface area contributed by atoms with Gasteiger partial charge in [0.15, 0.2) is 0 Å². The van der Waals surface area contributed by atoms with E-state index in [9.17, 15) is 13.2 Å². The van der Waals surface area contributed by atoms with Gasteiger partial charge in [-0.05, 0) is 50.1 Å². The van der Waals surface area contributed by atoms with Gasteiger partial charge < -0.3 is 5.32 Å². The van der Waals surface area contributed by atoms with Gasteiger partial charge in [-0.25, -0.2) is 8.42 Å². The van der Waals surface area contributed by atoms with E-state index in [1.165, 1.54) is 4.31 Å². The van der Waals surface area contributed by atoms with Gasteiger partial charge in [0.05, 0.1) is 10.6 Å². The van der Waals surface area contributed by atoms with Gasteiger partial charge in [0, 0.05) is 10.5 Å². The van der Waals surface area contributed by atoms with Crippen molar-refractivity contribution in [2.45, 2.75) is 43.5 Å². The highest BCUT2D eigenvalue weighted by Crippen LogP contribution is 2.26. The zero-order valence-electron chi connectivity index (χ0n) is 15.2. The zero-order valence-corrected chi connectivity index (χ0v) is 17.6. The molecule has 0 aliphatic heterocycles. The number of carbonyl (C=O) groups is 1. The molecule has 1 amide bonds. The summed E-state index contributed by atoms with van der Waals surface area (Å²) < 4.78 is 28.4. The Morgan fingerprint density at radius 2 is 1.81 bits per heavy atom. The van der Waals surface area contributed by atoms with Gasteiger partial charge in [0.25, 0.3) is 10.0 Å². The highest BCUT2D eigenvalue weighted by molar-refractivity contribution is 9.10. The number of amides is 1. The van der Waals surface area contributed by atoms with Crippen molar-refractivity contribution in [3.05, 3.63) is 58.6 Å². The molecular weight excluding hydrogens is 428 g/mol. The number of sulfonamides is 1. The summed E-state index contributed by atoms with van der Waals surface area (Å²) in [5, 5.41) is 2.97. The van der Waals surface area contributed by atoms with E-state index >= 15 is 0 Å². The van der Waals surface area contributed by atoms with Crippen LogP contribution in [0.4, 0.5) is 5.69 Å². The average Bonchev–Trinajstić information content (AvgIpc) is 3.13. The van der Waals surface area contributed by atoms with Gasteiger partial charge in [-0.3, -0.25) is 9.10 Å². The second-order valence-electron chi connectivity index (χ2n) is 6.85. The fraction of sp³-hybridized carbons (Fsp3) is 0.350. The van der Waals surface area contributed by atoms with Crippen LogP contribution in [0.15, 0.2) is 57.9 Å². The largest absolute Gasteiger partial charge is 0.352 e. The minimum atomic E-state index is -3.86. The van der Waals surface area contributed by atoms with E-state index in [2.05, 4.69) is 21.2 Å². The van der Waals surface area contributed by atoms with E-state index in [1.807, 2.05) is 13.0 Å². The van der Waals surface area contributed by atoms with Gasteiger partial charge in [0.2, 0.25) is 5.91 Å². The third kappa shape index (κ3) is 4.90. The fourth-order valence-electron chi connectivity index (χ4n) is 3.26. The maximum absolute atomic E-state index is 13.3. The number of hydrogen-bond acceptors (Lipinski definition) is 3. The molecule has 0 heterocycles. The minimum absolute atomic E-state index is 0.143. The highest BCUT2D eigenvalue weighted by Gasteiger charge is 2.28. The van der Waals surface area contributed by atoms with Crippen LogP contribution in [-0.4, -0.2) is 26.9 Å². The van der Waals surface area contributed by atoms with Gasteiger partial charge >= 0.3 is 0 Å². The Labute approximate surface area is 169 Å². The lowest BCUT2D eigenvalue weighted by atomic mass is 10.2. The number of aryl methyl sites for hydroxylation is 1. The number of halogens is 1. The molecule has 1 saturated carbocycles.